The second-order valence-electron chi connectivity index (χ2n) is 8.48. The Morgan fingerprint density at radius 3 is 2.14 bits per heavy atom. The van der Waals surface area contributed by atoms with E-state index in [0.29, 0.717) is 11.4 Å². The minimum Gasteiger partial charge on any atom is -0.460 e. The van der Waals surface area contributed by atoms with Crippen LogP contribution in [0.4, 0.5) is 16.2 Å². The smallest absolute Gasteiger partial charge is 0.408 e. The number of amides is 2. The van der Waals surface area contributed by atoms with Crippen LogP contribution in [0.2, 0.25) is 0 Å². The Morgan fingerprint density at radius 1 is 1.07 bits per heavy atom. The molecule has 0 aliphatic rings. The van der Waals surface area contributed by atoms with Crippen molar-refractivity contribution in [3.05, 3.63) is 24.3 Å². The van der Waals surface area contributed by atoms with Gasteiger partial charge in [-0.05, 0) is 59.7 Å². The molecule has 1 atom stereocenters. The first-order chi connectivity index (χ1) is 12.7. The number of carbonyl (C=O) groups is 3. The number of anilines is 2. The lowest BCUT2D eigenvalue weighted by molar-refractivity contribution is -0.156. The highest BCUT2D eigenvalue weighted by Crippen LogP contribution is 2.18. The van der Waals surface area contributed by atoms with Gasteiger partial charge in [0.15, 0.2) is 0 Å². The molecule has 8 nitrogen and oxygen atoms in total. The Balaban J connectivity index is 3.02. The summed E-state index contributed by atoms with van der Waals surface area (Å²) in [5, 5.41) is 2.47. The van der Waals surface area contributed by atoms with Crippen molar-refractivity contribution in [1.29, 1.82) is 0 Å². The molecule has 1 rings (SSSR count). The zero-order valence-electron chi connectivity index (χ0n) is 17.7. The molecule has 0 spiro atoms. The van der Waals surface area contributed by atoms with Crippen LogP contribution in [0.5, 0.6) is 0 Å². The zero-order valence-corrected chi connectivity index (χ0v) is 17.7. The summed E-state index contributed by atoms with van der Waals surface area (Å²) in [6.45, 7) is 10.3. The van der Waals surface area contributed by atoms with Crippen LogP contribution >= 0.6 is 0 Å². The Labute approximate surface area is 166 Å². The van der Waals surface area contributed by atoms with Gasteiger partial charge < -0.3 is 25.4 Å². The van der Waals surface area contributed by atoms with Gasteiger partial charge in [0.05, 0.1) is 6.42 Å². The fraction of sp³-hybridized carbons (Fsp3) is 0.550. The average molecular weight is 393 g/mol. The Morgan fingerprint density at radius 2 is 1.64 bits per heavy atom. The summed E-state index contributed by atoms with van der Waals surface area (Å²) in [4.78, 5) is 38.7. The molecule has 0 bridgehead atoms. The molecule has 3 N–H and O–H groups in total. The summed E-state index contributed by atoms with van der Waals surface area (Å²) in [5.41, 5.74) is 5.33. The Kier molecular flexibility index (Phi) is 7.43. The van der Waals surface area contributed by atoms with Crippen LogP contribution in [0, 0.1) is 0 Å². The highest BCUT2D eigenvalue weighted by Gasteiger charge is 2.31. The monoisotopic (exact) mass is 393 g/mol. The minimum absolute atomic E-state index is 0.331. The van der Waals surface area contributed by atoms with Crippen LogP contribution in [-0.2, 0) is 19.1 Å². The van der Waals surface area contributed by atoms with Crippen molar-refractivity contribution in [1.82, 2.24) is 5.32 Å². The van der Waals surface area contributed by atoms with E-state index in [1.54, 1.807) is 65.8 Å². The van der Waals surface area contributed by atoms with Gasteiger partial charge in [-0.15, -0.1) is 0 Å². The van der Waals surface area contributed by atoms with E-state index in [-0.39, 0.29) is 6.42 Å². The maximum absolute atomic E-state index is 13.0. The van der Waals surface area contributed by atoms with Gasteiger partial charge in [0, 0.05) is 18.4 Å². The van der Waals surface area contributed by atoms with Crippen LogP contribution in [0.1, 0.15) is 48.0 Å². The summed E-state index contributed by atoms with van der Waals surface area (Å²) < 4.78 is 10.5. The number of nitrogens with one attached hydrogen (secondary N) is 1. The van der Waals surface area contributed by atoms with Gasteiger partial charge in [0.1, 0.15) is 17.2 Å². The van der Waals surface area contributed by atoms with E-state index >= 15 is 0 Å². The number of benzene rings is 1. The van der Waals surface area contributed by atoms with Crippen molar-refractivity contribution in [2.24, 2.45) is 0 Å². The van der Waals surface area contributed by atoms with Crippen LogP contribution < -0.4 is 16.0 Å². The molecule has 8 heteroatoms. The highest BCUT2D eigenvalue weighted by molar-refractivity contribution is 6.00. The number of nitrogens with zero attached hydrogens (tertiary/aromatic N) is 1. The average Bonchev–Trinajstić information content (AvgIpc) is 2.49. The van der Waals surface area contributed by atoms with Gasteiger partial charge in [-0.3, -0.25) is 9.59 Å². The largest absolute Gasteiger partial charge is 0.460 e. The van der Waals surface area contributed by atoms with E-state index in [1.165, 1.54) is 11.9 Å². The summed E-state index contributed by atoms with van der Waals surface area (Å²) in [6.07, 6.45) is -1.13. The first-order valence-electron chi connectivity index (χ1n) is 9.02. The van der Waals surface area contributed by atoms with E-state index in [4.69, 9.17) is 15.2 Å². The number of hydrogen-bond donors (Lipinski definition) is 2. The van der Waals surface area contributed by atoms with E-state index in [0.717, 1.165) is 0 Å². The summed E-state index contributed by atoms with van der Waals surface area (Å²) >= 11 is 0. The number of alkyl carbamates (subject to hydrolysis) is 1. The number of ether oxygens (including phenoxy) is 2. The maximum Gasteiger partial charge on any atom is 0.408 e. The lowest BCUT2D eigenvalue weighted by atomic mass is 10.1. The third-order valence-electron chi connectivity index (χ3n) is 3.37. The fourth-order valence-electron chi connectivity index (χ4n) is 2.29. The molecule has 0 radical (unpaired) electrons. The minimum atomic E-state index is -1.16. The second kappa shape index (κ2) is 8.95. The molecule has 0 saturated carbocycles. The zero-order chi connectivity index (χ0) is 21.7. The van der Waals surface area contributed by atoms with Gasteiger partial charge in [-0.1, -0.05) is 6.07 Å². The SMILES string of the molecule is CN(C(=O)C(CC(=O)OC(C)(C)C)NC(=O)OC(C)(C)C)c1cccc(N)c1. The number of rotatable bonds is 5. The molecular formula is C20H31N3O5. The maximum atomic E-state index is 13.0. The van der Waals surface area contributed by atoms with E-state index < -0.39 is 35.2 Å². The second-order valence-corrected chi connectivity index (χ2v) is 8.48. The topological polar surface area (TPSA) is 111 Å². The van der Waals surface area contributed by atoms with Gasteiger partial charge in [-0.2, -0.15) is 0 Å². The normalized spacial score (nSPS) is 12.7. The van der Waals surface area contributed by atoms with Crippen molar-refractivity contribution in [2.75, 3.05) is 17.7 Å². The van der Waals surface area contributed by atoms with E-state index in [2.05, 4.69) is 5.32 Å². The van der Waals surface area contributed by atoms with Gasteiger partial charge >= 0.3 is 12.1 Å². The summed E-state index contributed by atoms with van der Waals surface area (Å²) in [7, 11) is 1.54. The highest BCUT2D eigenvalue weighted by atomic mass is 16.6. The number of carbonyl (C=O) groups excluding carboxylic acids is 3. The van der Waals surface area contributed by atoms with Crippen molar-refractivity contribution >= 4 is 29.3 Å². The molecule has 0 fully saturated rings. The van der Waals surface area contributed by atoms with Crippen LogP contribution in [0.3, 0.4) is 0 Å². The molecule has 1 aromatic rings. The third kappa shape index (κ3) is 8.28. The first-order valence-corrected chi connectivity index (χ1v) is 9.02. The van der Waals surface area contributed by atoms with Crippen molar-refractivity contribution in [3.63, 3.8) is 0 Å². The molecule has 0 aliphatic carbocycles. The predicted molar refractivity (Wildman–Crippen MR) is 108 cm³/mol. The lowest BCUT2D eigenvalue weighted by Crippen LogP contribution is -2.50. The van der Waals surface area contributed by atoms with Crippen molar-refractivity contribution in [2.45, 2.75) is 65.2 Å². The molecule has 0 aliphatic heterocycles. The van der Waals surface area contributed by atoms with E-state index in [1.807, 2.05) is 0 Å². The lowest BCUT2D eigenvalue weighted by Gasteiger charge is -2.27. The first kappa shape index (κ1) is 23.3. The van der Waals surface area contributed by atoms with Crippen LogP contribution in [0.25, 0.3) is 0 Å². The molecule has 0 heterocycles. The summed E-state index contributed by atoms with van der Waals surface area (Å²) in [6, 6.07) is 5.57. The van der Waals surface area contributed by atoms with E-state index in [9.17, 15) is 14.4 Å². The third-order valence-corrected chi connectivity index (χ3v) is 3.37. The standard InChI is InChI=1S/C20H31N3O5/c1-19(2,3)27-16(24)12-15(22-18(26)28-20(4,5)6)17(25)23(7)14-10-8-9-13(21)11-14/h8-11,15H,12,21H2,1-7H3,(H,22,26). The van der Waals surface area contributed by atoms with Crippen LogP contribution in [-0.4, -0.2) is 42.3 Å². The number of esters is 1. The predicted octanol–water partition coefficient (Wildman–Crippen LogP) is 2.86. The molecule has 2 amide bonds. The Hall–Kier alpha value is -2.77. The molecular weight excluding hydrogens is 362 g/mol. The Bertz CT molecular complexity index is 689. The molecule has 0 aromatic heterocycles. The molecule has 0 saturated heterocycles. The van der Waals surface area contributed by atoms with Crippen molar-refractivity contribution in [3.8, 4) is 0 Å². The number of nitrogen functional groups attached to an aromatic ring is 1. The number of hydrogen-bond acceptors (Lipinski definition) is 6. The van der Waals surface area contributed by atoms with Gasteiger partial charge in [0.25, 0.3) is 0 Å². The molecule has 1 aromatic carbocycles. The fourth-order valence-corrected chi connectivity index (χ4v) is 2.29. The molecule has 156 valence electrons. The quantitative estimate of drug-likeness (QED) is 0.588. The van der Waals surface area contributed by atoms with Crippen LogP contribution in [0.15, 0.2) is 24.3 Å². The van der Waals surface area contributed by atoms with Gasteiger partial charge in [0.2, 0.25) is 5.91 Å². The number of likely N-dealkylation sites (N-methyl/N-ethyl adjacent to an activating group) is 1. The summed E-state index contributed by atoms with van der Waals surface area (Å²) in [5.74, 6) is -1.11. The molecule has 1 unspecified atom stereocenters. The van der Waals surface area contributed by atoms with Gasteiger partial charge in [-0.25, -0.2) is 4.79 Å². The van der Waals surface area contributed by atoms with Crippen molar-refractivity contribution < 1.29 is 23.9 Å². The number of nitrogens with two attached hydrogens (primary N) is 1. The molecule has 28 heavy (non-hydrogen) atoms.